The minimum atomic E-state index is 0.134. The number of aryl methyl sites for hydroxylation is 1. The lowest BCUT2D eigenvalue weighted by molar-refractivity contribution is -0.129. The number of hydrogen-bond donors (Lipinski definition) is 1. The molecule has 0 fully saturated rings. The number of carbonyl (C=O) groups is 2. The second kappa shape index (κ2) is 10.7. The first-order chi connectivity index (χ1) is 11.5. The number of amides is 2. The van der Waals surface area contributed by atoms with E-state index in [1.54, 1.807) is 19.0 Å². The van der Waals surface area contributed by atoms with Crippen molar-refractivity contribution in [3.63, 3.8) is 0 Å². The maximum absolute atomic E-state index is 12.2. The van der Waals surface area contributed by atoms with E-state index in [0.29, 0.717) is 13.0 Å². The zero-order valence-electron chi connectivity index (χ0n) is 15.5. The maximum atomic E-state index is 12.2. The predicted octanol–water partition coefficient (Wildman–Crippen LogP) is 2.77. The fourth-order valence-corrected chi connectivity index (χ4v) is 2.45. The van der Waals surface area contributed by atoms with E-state index in [1.165, 1.54) is 0 Å². The Labute approximate surface area is 146 Å². The van der Waals surface area contributed by atoms with Crippen molar-refractivity contribution in [1.29, 1.82) is 0 Å². The Morgan fingerprint density at radius 2 is 1.54 bits per heavy atom. The van der Waals surface area contributed by atoms with Gasteiger partial charge in [0.1, 0.15) is 0 Å². The summed E-state index contributed by atoms with van der Waals surface area (Å²) in [6.07, 6.45) is 3.20. The molecule has 0 aliphatic carbocycles. The van der Waals surface area contributed by atoms with Crippen LogP contribution in [-0.4, -0.2) is 55.3 Å². The number of carbonyl (C=O) groups excluding carboxylic acids is 2. The van der Waals surface area contributed by atoms with E-state index >= 15 is 0 Å². The van der Waals surface area contributed by atoms with Crippen LogP contribution < -0.4 is 5.32 Å². The van der Waals surface area contributed by atoms with Gasteiger partial charge in [0, 0.05) is 39.3 Å². The summed E-state index contributed by atoms with van der Waals surface area (Å²) in [5, 5.41) is 3.19. The monoisotopic (exact) mass is 333 g/mol. The smallest absolute Gasteiger partial charge is 0.241 e. The summed E-state index contributed by atoms with van der Waals surface area (Å²) in [5.74, 6) is 0.272. The second-order valence-electron chi connectivity index (χ2n) is 6.22. The average molecular weight is 333 g/mol. The van der Waals surface area contributed by atoms with Crippen LogP contribution in [0.15, 0.2) is 24.3 Å². The first-order valence-electron chi connectivity index (χ1n) is 8.78. The normalized spacial score (nSPS) is 10.3. The van der Waals surface area contributed by atoms with Gasteiger partial charge in [0.05, 0.1) is 6.54 Å². The van der Waals surface area contributed by atoms with Crippen LogP contribution in [0.3, 0.4) is 0 Å². The summed E-state index contributed by atoms with van der Waals surface area (Å²) in [4.78, 5) is 27.4. The highest BCUT2D eigenvalue weighted by molar-refractivity contribution is 5.80. The molecule has 5 nitrogen and oxygen atoms in total. The lowest BCUT2D eigenvalue weighted by Crippen LogP contribution is -2.36. The van der Waals surface area contributed by atoms with Crippen molar-refractivity contribution < 1.29 is 9.59 Å². The van der Waals surface area contributed by atoms with Crippen molar-refractivity contribution in [2.45, 2.75) is 39.5 Å². The van der Waals surface area contributed by atoms with E-state index in [1.807, 2.05) is 29.2 Å². The number of hydrogen-bond acceptors (Lipinski definition) is 3. The van der Waals surface area contributed by atoms with Crippen LogP contribution in [-0.2, 0) is 16.0 Å². The van der Waals surface area contributed by atoms with Gasteiger partial charge in [-0.1, -0.05) is 26.0 Å². The van der Waals surface area contributed by atoms with Crippen molar-refractivity contribution in [1.82, 2.24) is 9.80 Å². The summed E-state index contributed by atoms with van der Waals surface area (Å²) < 4.78 is 0. The molecule has 0 radical (unpaired) electrons. The highest BCUT2D eigenvalue weighted by Crippen LogP contribution is 2.11. The van der Waals surface area contributed by atoms with Gasteiger partial charge < -0.3 is 15.1 Å². The largest absolute Gasteiger partial charge is 0.376 e. The molecule has 1 aromatic carbocycles. The Kier molecular flexibility index (Phi) is 8.90. The van der Waals surface area contributed by atoms with Gasteiger partial charge in [-0.25, -0.2) is 0 Å². The number of nitrogens with zero attached hydrogens (tertiary/aromatic N) is 2. The third-order valence-electron chi connectivity index (χ3n) is 3.86. The zero-order chi connectivity index (χ0) is 17.9. The van der Waals surface area contributed by atoms with Crippen LogP contribution >= 0.6 is 0 Å². The molecular weight excluding hydrogens is 302 g/mol. The van der Waals surface area contributed by atoms with Crippen molar-refractivity contribution in [2.75, 3.05) is 39.0 Å². The van der Waals surface area contributed by atoms with E-state index in [2.05, 4.69) is 19.2 Å². The van der Waals surface area contributed by atoms with E-state index in [0.717, 1.165) is 43.6 Å². The molecular formula is C19H31N3O2. The Morgan fingerprint density at radius 1 is 0.958 bits per heavy atom. The van der Waals surface area contributed by atoms with Crippen LogP contribution in [0.4, 0.5) is 5.69 Å². The van der Waals surface area contributed by atoms with Crippen molar-refractivity contribution in [2.24, 2.45) is 0 Å². The van der Waals surface area contributed by atoms with E-state index in [4.69, 9.17) is 0 Å². The lowest BCUT2D eigenvalue weighted by atomic mass is 10.1. The predicted molar refractivity (Wildman–Crippen MR) is 99.1 cm³/mol. The highest BCUT2D eigenvalue weighted by atomic mass is 16.2. The SMILES string of the molecule is CCCN(CCC)C(=O)CNc1ccc(CCC(=O)N(C)C)cc1. The zero-order valence-corrected chi connectivity index (χ0v) is 15.5. The van der Waals surface area contributed by atoms with Crippen molar-refractivity contribution in [3.05, 3.63) is 29.8 Å². The van der Waals surface area contributed by atoms with Gasteiger partial charge in [-0.2, -0.15) is 0 Å². The van der Waals surface area contributed by atoms with E-state index in [9.17, 15) is 9.59 Å². The van der Waals surface area contributed by atoms with Gasteiger partial charge in [-0.15, -0.1) is 0 Å². The quantitative estimate of drug-likeness (QED) is 0.716. The summed E-state index contributed by atoms with van der Waals surface area (Å²) in [5.41, 5.74) is 2.06. The fourth-order valence-electron chi connectivity index (χ4n) is 2.45. The van der Waals surface area contributed by atoms with E-state index in [-0.39, 0.29) is 11.8 Å². The van der Waals surface area contributed by atoms with Crippen molar-refractivity contribution >= 4 is 17.5 Å². The summed E-state index contributed by atoms with van der Waals surface area (Å²) in [7, 11) is 3.54. The van der Waals surface area contributed by atoms with Gasteiger partial charge >= 0.3 is 0 Å². The molecule has 1 N–H and O–H groups in total. The first kappa shape index (κ1) is 20.0. The van der Waals surface area contributed by atoms with Crippen LogP contribution in [0.2, 0.25) is 0 Å². The Morgan fingerprint density at radius 3 is 2.04 bits per heavy atom. The fraction of sp³-hybridized carbons (Fsp3) is 0.579. The van der Waals surface area contributed by atoms with Gasteiger partial charge in [-0.05, 0) is 37.0 Å². The minimum absolute atomic E-state index is 0.134. The molecule has 0 bridgehead atoms. The maximum Gasteiger partial charge on any atom is 0.241 e. The van der Waals surface area contributed by atoms with Crippen LogP contribution in [0, 0.1) is 0 Å². The first-order valence-corrected chi connectivity index (χ1v) is 8.78. The molecule has 5 heteroatoms. The van der Waals surface area contributed by atoms with Crippen LogP contribution in [0.1, 0.15) is 38.7 Å². The average Bonchev–Trinajstić information content (AvgIpc) is 2.58. The van der Waals surface area contributed by atoms with Crippen LogP contribution in [0.5, 0.6) is 0 Å². The highest BCUT2D eigenvalue weighted by Gasteiger charge is 2.11. The molecule has 1 rings (SSSR count). The summed E-state index contributed by atoms with van der Waals surface area (Å²) in [6, 6.07) is 7.94. The van der Waals surface area contributed by atoms with E-state index < -0.39 is 0 Å². The molecule has 0 atom stereocenters. The summed E-state index contributed by atoms with van der Waals surface area (Å²) in [6.45, 7) is 6.12. The lowest BCUT2D eigenvalue weighted by Gasteiger charge is -2.21. The van der Waals surface area contributed by atoms with Gasteiger partial charge in [0.2, 0.25) is 11.8 Å². The molecule has 0 saturated carbocycles. The molecule has 0 saturated heterocycles. The van der Waals surface area contributed by atoms with Crippen LogP contribution in [0.25, 0.3) is 0 Å². The second-order valence-corrected chi connectivity index (χ2v) is 6.22. The number of anilines is 1. The Bertz CT molecular complexity index is 506. The molecule has 0 aliphatic rings. The molecule has 134 valence electrons. The molecule has 1 aromatic rings. The molecule has 0 unspecified atom stereocenters. The molecule has 0 heterocycles. The van der Waals surface area contributed by atoms with Gasteiger partial charge in [0.15, 0.2) is 0 Å². The molecule has 0 aromatic heterocycles. The molecule has 0 spiro atoms. The topological polar surface area (TPSA) is 52.7 Å². The molecule has 0 aliphatic heterocycles. The number of rotatable bonds is 10. The summed E-state index contributed by atoms with van der Waals surface area (Å²) >= 11 is 0. The Hall–Kier alpha value is -2.04. The third-order valence-corrected chi connectivity index (χ3v) is 3.86. The number of benzene rings is 1. The molecule has 2 amide bonds. The molecule has 24 heavy (non-hydrogen) atoms. The van der Waals surface area contributed by atoms with Gasteiger partial charge in [0.25, 0.3) is 0 Å². The Balaban J connectivity index is 2.46. The van der Waals surface area contributed by atoms with Crippen molar-refractivity contribution in [3.8, 4) is 0 Å². The third kappa shape index (κ3) is 7.02. The minimum Gasteiger partial charge on any atom is -0.376 e. The standard InChI is InChI=1S/C19H31N3O2/c1-5-13-22(14-6-2)19(24)15-20-17-10-7-16(8-11-17)9-12-18(23)21(3)4/h7-8,10-11,20H,5-6,9,12-15H2,1-4H3. The number of nitrogens with one attached hydrogen (secondary N) is 1. The van der Waals surface area contributed by atoms with Gasteiger partial charge in [-0.3, -0.25) is 9.59 Å².